The maximum atomic E-state index is 6.02. The summed E-state index contributed by atoms with van der Waals surface area (Å²) in [6.45, 7) is 1.20. The Bertz CT molecular complexity index is 696. The van der Waals surface area contributed by atoms with Crippen LogP contribution in [-0.2, 0) is 17.8 Å². The van der Waals surface area contributed by atoms with Crippen molar-refractivity contribution in [3.8, 4) is 0 Å². The first-order chi connectivity index (χ1) is 11.6. The van der Waals surface area contributed by atoms with Gasteiger partial charge in [-0.25, -0.2) is 9.97 Å². The van der Waals surface area contributed by atoms with Crippen molar-refractivity contribution in [2.75, 3.05) is 19.0 Å². The smallest absolute Gasteiger partial charge is 0.156 e. The van der Waals surface area contributed by atoms with Gasteiger partial charge in [0.2, 0.25) is 0 Å². The Morgan fingerprint density at radius 3 is 2.65 bits per heavy atom. The van der Waals surface area contributed by atoms with Gasteiger partial charge in [0.1, 0.15) is 12.4 Å². The predicted octanol–water partition coefficient (Wildman–Crippen LogP) is 3.98. The lowest BCUT2D eigenvalue weighted by Crippen LogP contribution is -2.35. The molecule has 1 fully saturated rings. The lowest BCUT2D eigenvalue weighted by Gasteiger charge is -2.32. The third-order valence-electron chi connectivity index (χ3n) is 4.27. The number of nitrogens with zero attached hydrogens (tertiary/aromatic N) is 2. The van der Waals surface area contributed by atoms with Crippen molar-refractivity contribution in [2.24, 2.45) is 5.73 Å². The minimum atomic E-state index is 0. The molecule has 0 bridgehead atoms. The summed E-state index contributed by atoms with van der Waals surface area (Å²) in [5.74, 6) is 1.99. The van der Waals surface area contributed by atoms with Gasteiger partial charge in [0.25, 0.3) is 0 Å². The highest BCUT2D eigenvalue weighted by Gasteiger charge is 2.29. The van der Waals surface area contributed by atoms with Crippen LogP contribution in [0.15, 0.2) is 30.3 Å². The Morgan fingerprint density at radius 1 is 1.23 bits per heavy atom. The molecule has 1 heterocycles. The molecule has 0 saturated heterocycles. The first-order valence-corrected chi connectivity index (χ1v) is 8.62. The Balaban J connectivity index is 0.00000169. The zero-order chi connectivity index (χ0) is 16.9. The van der Waals surface area contributed by atoms with Gasteiger partial charge in [0.05, 0.1) is 0 Å². The molecule has 144 valence electrons. The van der Waals surface area contributed by atoms with E-state index in [0.717, 1.165) is 42.3 Å². The topological polar surface area (TPSA) is 73.1 Å². The minimum absolute atomic E-state index is 0. The van der Waals surface area contributed by atoms with Crippen molar-refractivity contribution < 1.29 is 4.74 Å². The molecule has 26 heavy (non-hydrogen) atoms. The van der Waals surface area contributed by atoms with Crippen LogP contribution < -0.4 is 11.1 Å². The van der Waals surface area contributed by atoms with E-state index in [1.54, 1.807) is 7.11 Å². The van der Waals surface area contributed by atoms with Gasteiger partial charge < -0.3 is 15.8 Å². The number of aromatic nitrogens is 2. The second kappa shape index (κ2) is 10.9. The molecule has 1 aliphatic rings. The number of nitrogens with two attached hydrogens (primary N) is 1. The van der Waals surface area contributed by atoms with Crippen molar-refractivity contribution in [3.05, 3.63) is 52.4 Å². The summed E-state index contributed by atoms with van der Waals surface area (Å²) in [5, 5.41) is 4.15. The maximum Gasteiger partial charge on any atom is 0.156 e. The Labute approximate surface area is 171 Å². The third-order valence-corrected chi connectivity index (χ3v) is 4.50. The molecule has 0 spiro atoms. The molecule has 8 heteroatoms. The summed E-state index contributed by atoms with van der Waals surface area (Å²) in [6.07, 6.45) is 2.87. The molecule has 0 radical (unpaired) electrons. The van der Waals surface area contributed by atoms with Gasteiger partial charge in [0.15, 0.2) is 5.82 Å². The van der Waals surface area contributed by atoms with Crippen LogP contribution in [0, 0.1) is 0 Å². The SMILES string of the molecule is COCc1nc(NCCc2cccc(Cl)c2)cc(C2CC(N)C2)n1.Cl.Cl. The summed E-state index contributed by atoms with van der Waals surface area (Å²) in [6, 6.07) is 10.3. The monoisotopic (exact) mass is 418 g/mol. The van der Waals surface area contributed by atoms with Crippen LogP contribution in [0.5, 0.6) is 0 Å². The first kappa shape index (κ1) is 22.9. The van der Waals surface area contributed by atoms with Crippen molar-refractivity contribution in [2.45, 2.75) is 37.8 Å². The van der Waals surface area contributed by atoms with Crippen LogP contribution in [0.25, 0.3) is 0 Å². The Morgan fingerprint density at radius 2 is 2.00 bits per heavy atom. The molecule has 1 saturated carbocycles. The molecule has 5 nitrogen and oxygen atoms in total. The molecule has 1 aliphatic carbocycles. The summed E-state index contributed by atoms with van der Waals surface area (Å²) in [4.78, 5) is 9.14. The molecule has 0 atom stereocenters. The lowest BCUT2D eigenvalue weighted by atomic mass is 9.78. The lowest BCUT2D eigenvalue weighted by molar-refractivity contribution is 0.177. The van der Waals surface area contributed by atoms with Crippen molar-refractivity contribution in [3.63, 3.8) is 0 Å². The van der Waals surface area contributed by atoms with Crippen molar-refractivity contribution in [1.82, 2.24) is 9.97 Å². The molecule has 1 aromatic heterocycles. The van der Waals surface area contributed by atoms with E-state index >= 15 is 0 Å². The summed E-state index contributed by atoms with van der Waals surface area (Å²) < 4.78 is 5.19. The molecule has 2 aromatic rings. The van der Waals surface area contributed by atoms with Crippen LogP contribution in [0.4, 0.5) is 5.82 Å². The number of benzene rings is 1. The number of hydrogen-bond donors (Lipinski definition) is 2. The van der Waals surface area contributed by atoms with Gasteiger partial charge in [-0.15, -0.1) is 24.8 Å². The van der Waals surface area contributed by atoms with Crippen LogP contribution in [0.1, 0.15) is 35.8 Å². The second-order valence-corrected chi connectivity index (χ2v) is 6.70. The van der Waals surface area contributed by atoms with Gasteiger partial charge in [0, 0.05) is 42.4 Å². The van der Waals surface area contributed by atoms with Crippen LogP contribution in [0.2, 0.25) is 5.02 Å². The minimum Gasteiger partial charge on any atom is -0.377 e. The van der Waals surface area contributed by atoms with E-state index in [2.05, 4.69) is 21.4 Å². The zero-order valence-corrected chi connectivity index (χ0v) is 17.0. The third kappa shape index (κ3) is 6.25. The zero-order valence-electron chi connectivity index (χ0n) is 14.7. The molecule has 0 amide bonds. The van der Waals surface area contributed by atoms with E-state index in [9.17, 15) is 0 Å². The fraction of sp³-hybridized carbons (Fsp3) is 0.444. The average molecular weight is 420 g/mol. The van der Waals surface area contributed by atoms with Gasteiger partial charge in [-0.05, 0) is 37.0 Å². The number of ether oxygens (including phenoxy) is 1. The summed E-state index contributed by atoms with van der Waals surface area (Å²) in [7, 11) is 1.65. The van der Waals surface area contributed by atoms with E-state index in [1.807, 2.05) is 24.3 Å². The highest BCUT2D eigenvalue weighted by Crippen LogP contribution is 2.35. The predicted molar refractivity (Wildman–Crippen MR) is 111 cm³/mol. The van der Waals surface area contributed by atoms with Crippen LogP contribution in [-0.4, -0.2) is 29.7 Å². The molecule has 0 unspecified atom stereocenters. The molecule has 1 aromatic carbocycles. The van der Waals surface area contributed by atoms with Gasteiger partial charge in [-0.2, -0.15) is 0 Å². The average Bonchev–Trinajstić information content (AvgIpc) is 2.52. The van der Waals surface area contributed by atoms with Gasteiger partial charge in [-0.3, -0.25) is 0 Å². The number of methoxy groups -OCH3 is 1. The number of anilines is 1. The van der Waals surface area contributed by atoms with Gasteiger partial charge >= 0.3 is 0 Å². The molecular weight excluding hydrogens is 395 g/mol. The largest absolute Gasteiger partial charge is 0.377 e. The highest BCUT2D eigenvalue weighted by atomic mass is 35.5. The maximum absolute atomic E-state index is 6.02. The molecule has 0 aliphatic heterocycles. The number of hydrogen-bond acceptors (Lipinski definition) is 5. The highest BCUT2D eigenvalue weighted by molar-refractivity contribution is 6.30. The van der Waals surface area contributed by atoms with E-state index < -0.39 is 0 Å². The van der Waals surface area contributed by atoms with Crippen molar-refractivity contribution >= 4 is 42.2 Å². The van der Waals surface area contributed by atoms with E-state index in [-0.39, 0.29) is 24.8 Å². The summed E-state index contributed by atoms with van der Waals surface area (Å²) in [5.41, 5.74) is 8.16. The Kier molecular flexibility index (Phi) is 9.61. The fourth-order valence-electron chi connectivity index (χ4n) is 2.94. The van der Waals surface area contributed by atoms with Crippen LogP contribution in [0.3, 0.4) is 0 Å². The fourth-order valence-corrected chi connectivity index (χ4v) is 3.15. The normalized spacial score (nSPS) is 18.3. The quantitative estimate of drug-likeness (QED) is 0.710. The molecular formula is C18H25Cl3N4O. The molecule has 3 N–H and O–H groups in total. The van der Waals surface area contributed by atoms with Crippen molar-refractivity contribution in [1.29, 1.82) is 0 Å². The Hall–Kier alpha value is -1.11. The number of rotatable bonds is 7. The first-order valence-electron chi connectivity index (χ1n) is 8.24. The second-order valence-electron chi connectivity index (χ2n) is 6.26. The standard InChI is InChI=1S/C18H23ClN4O.2ClH/c1-24-11-18-22-16(13-8-15(20)9-13)10-17(23-18)21-6-5-12-3-2-4-14(19)7-12;;/h2-4,7,10,13,15H,5-6,8-9,11,20H2,1H3,(H,21,22,23);2*1H. The number of halogens is 3. The van der Waals surface area contributed by atoms with Crippen LogP contribution >= 0.6 is 36.4 Å². The summed E-state index contributed by atoms with van der Waals surface area (Å²) >= 11 is 6.02. The number of nitrogens with one attached hydrogen (secondary N) is 1. The van der Waals surface area contributed by atoms with E-state index in [1.165, 1.54) is 5.56 Å². The molecule has 3 rings (SSSR count). The van der Waals surface area contributed by atoms with Gasteiger partial charge in [-0.1, -0.05) is 23.7 Å². The van der Waals surface area contributed by atoms with E-state index in [4.69, 9.17) is 22.1 Å². The van der Waals surface area contributed by atoms with E-state index in [0.29, 0.717) is 24.4 Å².